The lowest BCUT2D eigenvalue weighted by atomic mass is 9.71. The van der Waals surface area contributed by atoms with E-state index in [2.05, 4.69) is 157 Å². The van der Waals surface area contributed by atoms with Crippen LogP contribution >= 0.6 is 0 Å². The molecule has 2 aromatic heterocycles. The fourth-order valence-electron chi connectivity index (χ4n) is 8.76. The van der Waals surface area contributed by atoms with Crippen LogP contribution in [0.25, 0.3) is 72.8 Å². The normalized spacial score (nSPS) is 14.7. The van der Waals surface area contributed by atoms with Gasteiger partial charge >= 0.3 is 0 Å². The third-order valence-electron chi connectivity index (χ3n) is 11.7. The molecule has 278 valence electrons. The minimum atomic E-state index is -0.412. The summed E-state index contributed by atoms with van der Waals surface area (Å²) in [5, 5.41) is 2.37. The average molecular weight is 756 g/mol. The molecule has 1 atom stereocenters. The van der Waals surface area contributed by atoms with Crippen molar-refractivity contribution in [3.05, 3.63) is 223 Å². The molecule has 0 radical (unpaired) electrons. The van der Waals surface area contributed by atoms with E-state index in [1.54, 1.807) is 0 Å². The molecule has 0 fully saturated rings. The van der Waals surface area contributed by atoms with E-state index in [0.29, 0.717) is 17.5 Å². The quantitative estimate of drug-likeness (QED) is 0.163. The van der Waals surface area contributed by atoms with Gasteiger partial charge in [0.25, 0.3) is 0 Å². The van der Waals surface area contributed by atoms with Gasteiger partial charge in [-0.3, -0.25) is 4.99 Å². The largest absolute Gasteiger partial charge is 0.309 e. The number of nitrogens with zero attached hydrogens (tertiary/aromatic N) is 5. The fourth-order valence-corrected chi connectivity index (χ4v) is 8.76. The van der Waals surface area contributed by atoms with Gasteiger partial charge in [0.15, 0.2) is 17.5 Å². The Morgan fingerprint density at radius 2 is 0.847 bits per heavy atom. The van der Waals surface area contributed by atoms with Gasteiger partial charge in [0.2, 0.25) is 0 Å². The second-order valence-corrected chi connectivity index (χ2v) is 15.2. The van der Waals surface area contributed by atoms with Crippen molar-refractivity contribution in [1.29, 1.82) is 0 Å². The molecule has 11 rings (SSSR count). The molecule has 0 N–H and O–H groups in total. The predicted octanol–water partition coefficient (Wildman–Crippen LogP) is 13.1. The summed E-state index contributed by atoms with van der Waals surface area (Å²) in [6, 6.07) is 72.2. The van der Waals surface area contributed by atoms with Gasteiger partial charge in [0.1, 0.15) is 0 Å². The standard InChI is InChI=1S/C54H37N5/c1-54(42-22-12-5-13-23-42)45-34-35-47-48(49(45)55-50(54)38-16-6-2-7-17-38)44-24-14-15-25-46(44)59(47)43-32-30-37(31-33-43)36-26-28-41(29-27-36)53-57-51(39-18-8-3-9-19-39)56-52(58-53)40-20-10-4-11-21-40/h2-35H,1H3. The van der Waals surface area contributed by atoms with E-state index in [4.69, 9.17) is 19.9 Å². The Balaban J connectivity index is 0.977. The van der Waals surface area contributed by atoms with Crippen LogP contribution in [0.2, 0.25) is 0 Å². The first kappa shape index (κ1) is 34.5. The van der Waals surface area contributed by atoms with Gasteiger partial charge in [0.05, 0.1) is 27.8 Å². The van der Waals surface area contributed by atoms with Crippen LogP contribution in [-0.4, -0.2) is 25.2 Å². The molecule has 1 aliphatic heterocycles. The predicted molar refractivity (Wildman–Crippen MR) is 241 cm³/mol. The Kier molecular flexibility index (Phi) is 8.19. The molecular weight excluding hydrogens is 719 g/mol. The molecule has 0 saturated carbocycles. The first-order chi connectivity index (χ1) is 29.1. The van der Waals surface area contributed by atoms with Crippen molar-refractivity contribution in [2.24, 2.45) is 4.99 Å². The van der Waals surface area contributed by atoms with Gasteiger partial charge in [-0.25, -0.2) is 15.0 Å². The molecule has 0 spiro atoms. The third-order valence-corrected chi connectivity index (χ3v) is 11.7. The fraction of sp³-hybridized carbons (Fsp3) is 0.0370. The summed E-state index contributed by atoms with van der Waals surface area (Å²) in [7, 11) is 0. The maximum atomic E-state index is 5.55. The summed E-state index contributed by atoms with van der Waals surface area (Å²) in [6.07, 6.45) is 0. The molecule has 5 heteroatoms. The summed E-state index contributed by atoms with van der Waals surface area (Å²) < 4.78 is 2.38. The highest BCUT2D eigenvalue weighted by Crippen LogP contribution is 2.51. The molecule has 1 unspecified atom stereocenters. The molecule has 1 aliphatic rings. The molecule has 0 saturated heterocycles. The van der Waals surface area contributed by atoms with Crippen LogP contribution in [-0.2, 0) is 5.41 Å². The first-order valence-corrected chi connectivity index (χ1v) is 20.0. The second-order valence-electron chi connectivity index (χ2n) is 15.2. The molecule has 3 heterocycles. The zero-order valence-corrected chi connectivity index (χ0v) is 32.4. The lowest BCUT2D eigenvalue weighted by molar-refractivity contribution is 0.794. The monoisotopic (exact) mass is 755 g/mol. The SMILES string of the molecule is CC1(c2ccccc2)C(c2ccccc2)=Nc2c1ccc1c2c2ccccc2n1-c1ccc(-c2ccc(-c3nc(-c4ccccc4)nc(-c4ccccc4)n3)cc2)cc1. The van der Waals surface area contributed by atoms with E-state index >= 15 is 0 Å². The van der Waals surface area contributed by atoms with Crippen molar-refractivity contribution in [1.82, 2.24) is 19.5 Å². The van der Waals surface area contributed by atoms with Gasteiger partial charge in [-0.15, -0.1) is 0 Å². The van der Waals surface area contributed by atoms with Crippen molar-refractivity contribution < 1.29 is 0 Å². The van der Waals surface area contributed by atoms with Crippen LogP contribution in [0.1, 0.15) is 23.6 Å². The van der Waals surface area contributed by atoms with Crippen LogP contribution < -0.4 is 0 Å². The highest BCUT2D eigenvalue weighted by atomic mass is 15.0. The summed E-state index contributed by atoms with van der Waals surface area (Å²) in [4.78, 5) is 20.2. The number of benzene rings is 8. The summed E-state index contributed by atoms with van der Waals surface area (Å²) >= 11 is 0. The van der Waals surface area contributed by atoms with Gasteiger partial charge in [-0.1, -0.05) is 182 Å². The van der Waals surface area contributed by atoms with Crippen molar-refractivity contribution >= 4 is 33.2 Å². The zero-order chi connectivity index (χ0) is 39.3. The lowest BCUT2D eigenvalue weighted by Crippen LogP contribution is -2.31. The molecule has 10 aromatic rings. The van der Waals surface area contributed by atoms with Crippen LogP contribution in [0.3, 0.4) is 0 Å². The van der Waals surface area contributed by atoms with E-state index in [1.165, 1.54) is 21.9 Å². The van der Waals surface area contributed by atoms with Crippen LogP contribution in [0.15, 0.2) is 211 Å². The number of para-hydroxylation sites is 1. The van der Waals surface area contributed by atoms with E-state index in [0.717, 1.165) is 61.5 Å². The number of fused-ring (bicyclic) bond motifs is 5. The topological polar surface area (TPSA) is 56.0 Å². The minimum Gasteiger partial charge on any atom is -0.309 e. The molecular formula is C54H37N5. The Bertz CT molecular complexity index is 3120. The Morgan fingerprint density at radius 1 is 0.390 bits per heavy atom. The van der Waals surface area contributed by atoms with Crippen LogP contribution in [0.4, 0.5) is 5.69 Å². The molecule has 0 aliphatic carbocycles. The molecule has 59 heavy (non-hydrogen) atoms. The number of hydrogen-bond donors (Lipinski definition) is 0. The number of rotatable bonds is 7. The molecule has 5 nitrogen and oxygen atoms in total. The zero-order valence-electron chi connectivity index (χ0n) is 32.4. The minimum absolute atomic E-state index is 0.412. The number of hydrogen-bond acceptors (Lipinski definition) is 4. The number of aromatic nitrogens is 4. The molecule has 0 amide bonds. The first-order valence-electron chi connectivity index (χ1n) is 20.0. The van der Waals surface area contributed by atoms with E-state index in [-0.39, 0.29) is 0 Å². The van der Waals surface area contributed by atoms with Crippen molar-refractivity contribution in [3.63, 3.8) is 0 Å². The van der Waals surface area contributed by atoms with Gasteiger partial charge < -0.3 is 4.57 Å². The number of aliphatic imine (C=N–C) groups is 1. The highest BCUT2D eigenvalue weighted by molar-refractivity contribution is 6.22. The van der Waals surface area contributed by atoms with E-state index in [1.807, 2.05) is 60.7 Å². The highest BCUT2D eigenvalue weighted by Gasteiger charge is 2.42. The third kappa shape index (κ3) is 5.78. The Morgan fingerprint density at radius 3 is 1.42 bits per heavy atom. The van der Waals surface area contributed by atoms with Crippen LogP contribution in [0, 0.1) is 0 Å². The molecule has 8 aromatic carbocycles. The maximum absolute atomic E-state index is 5.55. The summed E-state index contributed by atoms with van der Waals surface area (Å²) in [6.45, 7) is 2.32. The van der Waals surface area contributed by atoms with Crippen molar-refractivity contribution in [3.8, 4) is 51.0 Å². The maximum Gasteiger partial charge on any atom is 0.164 e. The van der Waals surface area contributed by atoms with E-state index in [9.17, 15) is 0 Å². The van der Waals surface area contributed by atoms with Crippen molar-refractivity contribution in [2.75, 3.05) is 0 Å². The molecule has 0 bridgehead atoms. The van der Waals surface area contributed by atoms with Crippen LogP contribution in [0.5, 0.6) is 0 Å². The van der Waals surface area contributed by atoms with Gasteiger partial charge in [0, 0.05) is 33.2 Å². The summed E-state index contributed by atoms with van der Waals surface area (Å²) in [5.41, 5.74) is 13.8. The van der Waals surface area contributed by atoms with E-state index < -0.39 is 5.41 Å². The van der Waals surface area contributed by atoms with Gasteiger partial charge in [-0.05, 0) is 59.0 Å². The lowest BCUT2D eigenvalue weighted by Gasteiger charge is -2.29. The second kappa shape index (κ2) is 14.0. The van der Waals surface area contributed by atoms with Crippen molar-refractivity contribution in [2.45, 2.75) is 12.3 Å². The Hall–Kier alpha value is -7.76. The Labute approximate surface area is 342 Å². The van der Waals surface area contributed by atoms with Gasteiger partial charge in [-0.2, -0.15) is 0 Å². The smallest absolute Gasteiger partial charge is 0.164 e. The average Bonchev–Trinajstić information content (AvgIpc) is 3.82. The summed E-state index contributed by atoms with van der Waals surface area (Å²) in [5.74, 6) is 1.94.